The summed E-state index contributed by atoms with van der Waals surface area (Å²) in [7, 11) is 0. The molecule has 0 aliphatic carbocycles. The van der Waals surface area contributed by atoms with E-state index in [1.54, 1.807) is 0 Å². The highest BCUT2D eigenvalue weighted by molar-refractivity contribution is 5.83. The molecule has 0 aliphatic heterocycles. The van der Waals surface area contributed by atoms with Gasteiger partial charge in [0, 0.05) is 23.0 Å². The number of hydrogen-bond donors (Lipinski definition) is 0. The third-order valence-electron chi connectivity index (χ3n) is 6.24. The zero-order valence-corrected chi connectivity index (χ0v) is 19.7. The van der Waals surface area contributed by atoms with Gasteiger partial charge < -0.3 is 4.90 Å². The molecule has 0 aromatic heterocycles. The van der Waals surface area contributed by atoms with Crippen LogP contribution in [0, 0.1) is 0 Å². The summed E-state index contributed by atoms with van der Waals surface area (Å²) in [6, 6.07) is 47.9. The fraction of sp³-hybridized carbons (Fsp3) is 0.0909. The minimum absolute atomic E-state index is 0.320. The van der Waals surface area contributed by atoms with Gasteiger partial charge in [-0.05, 0) is 59.9 Å². The van der Waals surface area contributed by atoms with E-state index in [0.717, 1.165) is 0 Å². The van der Waals surface area contributed by atoms with Crippen molar-refractivity contribution in [2.24, 2.45) is 0 Å². The van der Waals surface area contributed by atoms with Crippen LogP contribution in [0.3, 0.4) is 0 Å². The van der Waals surface area contributed by atoms with Crippen LogP contribution in [0.4, 0.5) is 11.4 Å². The predicted molar refractivity (Wildman–Crippen MR) is 146 cm³/mol. The molecule has 34 heavy (non-hydrogen) atoms. The standard InChI is InChI=1S/C33H29N/c1-25(2)34(33-16-10-9-15-32(33)30-13-7-4-8-14-30)31-23-21-29(22-24-31)28-19-17-27(18-20-28)26-11-5-3-6-12-26/h3-25H,1-2H3. The summed E-state index contributed by atoms with van der Waals surface area (Å²) in [6.45, 7) is 4.50. The molecule has 0 saturated heterocycles. The SMILES string of the molecule is CC(C)N(c1ccc(-c2ccc(-c3ccccc3)cc2)cc1)c1ccccc1-c1ccccc1. The van der Waals surface area contributed by atoms with Crippen molar-refractivity contribution in [1.82, 2.24) is 0 Å². The lowest BCUT2D eigenvalue weighted by Crippen LogP contribution is -2.25. The van der Waals surface area contributed by atoms with E-state index in [0.29, 0.717) is 6.04 Å². The summed E-state index contributed by atoms with van der Waals surface area (Å²) in [5.41, 5.74) is 9.84. The quantitative estimate of drug-likeness (QED) is 0.255. The Kier molecular flexibility index (Phi) is 6.27. The maximum absolute atomic E-state index is 2.42. The molecular weight excluding hydrogens is 410 g/mol. The molecule has 0 unspecified atom stereocenters. The van der Waals surface area contributed by atoms with Crippen LogP contribution in [-0.4, -0.2) is 6.04 Å². The molecule has 0 aliphatic rings. The van der Waals surface area contributed by atoms with E-state index in [-0.39, 0.29) is 0 Å². The van der Waals surface area contributed by atoms with Crippen molar-refractivity contribution in [2.45, 2.75) is 19.9 Å². The molecule has 5 aromatic carbocycles. The first kappa shape index (κ1) is 21.7. The van der Waals surface area contributed by atoms with Crippen molar-refractivity contribution in [3.05, 3.63) is 133 Å². The zero-order chi connectivity index (χ0) is 23.3. The topological polar surface area (TPSA) is 3.24 Å². The Morgan fingerprint density at radius 1 is 0.412 bits per heavy atom. The van der Waals surface area contributed by atoms with Crippen LogP contribution < -0.4 is 4.90 Å². The molecule has 0 spiro atoms. The number of para-hydroxylation sites is 1. The molecule has 1 nitrogen and oxygen atoms in total. The molecule has 0 heterocycles. The van der Waals surface area contributed by atoms with Crippen LogP contribution >= 0.6 is 0 Å². The number of rotatable bonds is 6. The second kappa shape index (κ2) is 9.80. The smallest absolute Gasteiger partial charge is 0.0492 e. The Morgan fingerprint density at radius 3 is 1.35 bits per heavy atom. The van der Waals surface area contributed by atoms with E-state index in [4.69, 9.17) is 0 Å². The molecule has 0 bridgehead atoms. The van der Waals surface area contributed by atoms with Gasteiger partial charge in [0.1, 0.15) is 0 Å². The Balaban J connectivity index is 1.46. The lowest BCUT2D eigenvalue weighted by molar-refractivity contribution is 0.789. The third kappa shape index (κ3) is 4.51. The monoisotopic (exact) mass is 439 g/mol. The number of hydrogen-bond acceptors (Lipinski definition) is 1. The second-order valence-electron chi connectivity index (χ2n) is 8.84. The average Bonchev–Trinajstić information content (AvgIpc) is 2.90. The van der Waals surface area contributed by atoms with E-state index in [1.165, 1.54) is 44.8 Å². The zero-order valence-electron chi connectivity index (χ0n) is 19.7. The van der Waals surface area contributed by atoms with Crippen LogP contribution in [0.15, 0.2) is 133 Å². The lowest BCUT2D eigenvalue weighted by atomic mass is 9.99. The summed E-state index contributed by atoms with van der Waals surface area (Å²) in [6.07, 6.45) is 0. The second-order valence-corrected chi connectivity index (χ2v) is 8.84. The fourth-order valence-corrected chi connectivity index (χ4v) is 4.56. The first-order chi connectivity index (χ1) is 16.7. The van der Waals surface area contributed by atoms with E-state index in [9.17, 15) is 0 Å². The minimum atomic E-state index is 0.320. The Labute approximate surface area is 203 Å². The molecule has 0 N–H and O–H groups in total. The van der Waals surface area contributed by atoms with Crippen molar-refractivity contribution in [3.63, 3.8) is 0 Å². The molecule has 5 rings (SSSR count). The normalized spacial score (nSPS) is 10.9. The highest BCUT2D eigenvalue weighted by Gasteiger charge is 2.17. The maximum Gasteiger partial charge on any atom is 0.0492 e. The molecule has 5 aromatic rings. The van der Waals surface area contributed by atoms with Crippen molar-refractivity contribution in [1.29, 1.82) is 0 Å². The van der Waals surface area contributed by atoms with Gasteiger partial charge in [0.05, 0.1) is 0 Å². The van der Waals surface area contributed by atoms with Crippen LogP contribution in [0.25, 0.3) is 33.4 Å². The summed E-state index contributed by atoms with van der Waals surface area (Å²) < 4.78 is 0. The van der Waals surface area contributed by atoms with Gasteiger partial charge in [0.2, 0.25) is 0 Å². The highest BCUT2D eigenvalue weighted by Crippen LogP contribution is 2.37. The van der Waals surface area contributed by atoms with Gasteiger partial charge in [0.15, 0.2) is 0 Å². The summed E-state index contributed by atoms with van der Waals surface area (Å²) in [5.74, 6) is 0. The summed E-state index contributed by atoms with van der Waals surface area (Å²) in [4.78, 5) is 2.42. The van der Waals surface area contributed by atoms with E-state index in [1.807, 2.05) is 0 Å². The van der Waals surface area contributed by atoms with Crippen LogP contribution in [0.1, 0.15) is 13.8 Å². The minimum Gasteiger partial charge on any atom is -0.338 e. The number of benzene rings is 5. The highest BCUT2D eigenvalue weighted by atomic mass is 15.2. The summed E-state index contributed by atoms with van der Waals surface area (Å²) in [5, 5.41) is 0. The maximum atomic E-state index is 2.42. The third-order valence-corrected chi connectivity index (χ3v) is 6.24. The van der Waals surface area contributed by atoms with E-state index >= 15 is 0 Å². The first-order valence-corrected chi connectivity index (χ1v) is 11.9. The molecule has 0 atom stereocenters. The van der Waals surface area contributed by atoms with Gasteiger partial charge in [-0.1, -0.05) is 115 Å². The van der Waals surface area contributed by atoms with Gasteiger partial charge in [-0.25, -0.2) is 0 Å². The van der Waals surface area contributed by atoms with Gasteiger partial charge in [-0.15, -0.1) is 0 Å². The first-order valence-electron chi connectivity index (χ1n) is 11.9. The molecule has 0 saturated carbocycles. The van der Waals surface area contributed by atoms with Crippen LogP contribution in [0.2, 0.25) is 0 Å². The Hall–Kier alpha value is -4.10. The predicted octanol–water partition coefficient (Wildman–Crippen LogP) is 9.23. The molecule has 0 fully saturated rings. The van der Waals surface area contributed by atoms with Crippen molar-refractivity contribution < 1.29 is 0 Å². The van der Waals surface area contributed by atoms with E-state index < -0.39 is 0 Å². The van der Waals surface area contributed by atoms with Crippen LogP contribution in [0.5, 0.6) is 0 Å². The molecule has 0 amide bonds. The van der Waals surface area contributed by atoms with Crippen molar-refractivity contribution in [2.75, 3.05) is 4.90 Å². The molecule has 0 radical (unpaired) electrons. The molecule has 166 valence electrons. The largest absolute Gasteiger partial charge is 0.338 e. The molecule has 1 heteroatoms. The number of nitrogens with zero attached hydrogens (tertiary/aromatic N) is 1. The van der Waals surface area contributed by atoms with Gasteiger partial charge in [0.25, 0.3) is 0 Å². The van der Waals surface area contributed by atoms with E-state index in [2.05, 4.69) is 152 Å². The Morgan fingerprint density at radius 2 is 0.824 bits per heavy atom. The summed E-state index contributed by atoms with van der Waals surface area (Å²) >= 11 is 0. The molecular formula is C33H29N. The van der Waals surface area contributed by atoms with Gasteiger partial charge in [-0.3, -0.25) is 0 Å². The fourth-order valence-electron chi connectivity index (χ4n) is 4.56. The van der Waals surface area contributed by atoms with Crippen molar-refractivity contribution in [3.8, 4) is 33.4 Å². The van der Waals surface area contributed by atoms with Gasteiger partial charge >= 0.3 is 0 Å². The van der Waals surface area contributed by atoms with Gasteiger partial charge in [-0.2, -0.15) is 0 Å². The lowest BCUT2D eigenvalue weighted by Gasteiger charge is -2.31. The van der Waals surface area contributed by atoms with Crippen molar-refractivity contribution >= 4 is 11.4 Å². The van der Waals surface area contributed by atoms with Crippen LogP contribution in [-0.2, 0) is 0 Å². The number of anilines is 2. The Bertz CT molecular complexity index is 1340. The average molecular weight is 440 g/mol.